The molecule has 0 radical (unpaired) electrons. The minimum Gasteiger partial charge on any atom is -0.344 e. The van der Waals surface area contributed by atoms with Gasteiger partial charge in [-0.1, -0.05) is 25.4 Å². The molecule has 1 unspecified atom stereocenters. The maximum Gasteiger partial charge on any atom is 0.234 e. The van der Waals surface area contributed by atoms with Gasteiger partial charge in [-0.25, -0.2) is 4.39 Å². The lowest BCUT2D eigenvalue weighted by Gasteiger charge is -2.65. The van der Waals surface area contributed by atoms with Crippen molar-refractivity contribution >= 4 is 58.0 Å². The van der Waals surface area contributed by atoms with Gasteiger partial charge in [-0.3, -0.25) is 9.59 Å². The fourth-order valence-electron chi connectivity index (χ4n) is 8.19. The molecule has 0 N–H and O–H groups in total. The van der Waals surface area contributed by atoms with Gasteiger partial charge in [0.15, 0.2) is 17.2 Å². The van der Waals surface area contributed by atoms with Crippen molar-refractivity contribution < 1.29 is 23.5 Å². The van der Waals surface area contributed by atoms with E-state index in [0.29, 0.717) is 32.1 Å². The first kappa shape index (κ1) is 24.8. The van der Waals surface area contributed by atoms with E-state index in [-0.39, 0.29) is 23.0 Å². The molecule has 0 aromatic heterocycles. The van der Waals surface area contributed by atoms with E-state index in [2.05, 4.69) is 6.92 Å². The number of alkyl halides is 5. The number of allylic oxidation sites excluding steroid dienone is 1. The van der Waals surface area contributed by atoms with Crippen molar-refractivity contribution in [3.8, 4) is 0 Å². The fourth-order valence-corrected chi connectivity index (χ4v) is 10.1. The number of rotatable bonds is 2. The zero-order valence-corrected chi connectivity index (χ0v) is 22.1. The van der Waals surface area contributed by atoms with E-state index < -0.39 is 50.0 Å². The molecule has 1 aliphatic heterocycles. The second-order valence-corrected chi connectivity index (χ2v) is 13.5. The zero-order chi connectivity index (χ0) is 24.4. The van der Waals surface area contributed by atoms with Crippen LogP contribution in [-0.4, -0.2) is 50.3 Å². The highest BCUT2D eigenvalue weighted by atomic mass is 35.5. The highest BCUT2D eigenvalue weighted by Gasteiger charge is 2.80. The van der Waals surface area contributed by atoms with Crippen LogP contribution >= 0.6 is 46.4 Å². The van der Waals surface area contributed by atoms with Crippen LogP contribution < -0.4 is 0 Å². The van der Waals surface area contributed by atoms with E-state index in [0.717, 1.165) is 5.57 Å². The summed E-state index contributed by atoms with van der Waals surface area (Å²) in [7, 11) is 0. The Bertz CT molecular complexity index is 955. The van der Waals surface area contributed by atoms with E-state index in [1.165, 1.54) is 0 Å². The van der Waals surface area contributed by atoms with E-state index in [4.69, 9.17) is 55.9 Å². The van der Waals surface area contributed by atoms with E-state index in [9.17, 15) is 14.0 Å². The highest BCUT2D eigenvalue weighted by molar-refractivity contribution is 6.34. The number of hydrogen-bond donors (Lipinski definition) is 0. The van der Waals surface area contributed by atoms with Crippen LogP contribution in [-0.2, 0) is 19.1 Å². The van der Waals surface area contributed by atoms with Gasteiger partial charge in [0.1, 0.15) is 0 Å². The van der Waals surface area contributed by atoms with Crippen molar-refractivity contribution in [3.05, 3.63) is 11.6 Å². The molecule has 1 saturated heterocycles. The van der Waals surface area contributed by atoms with Crippen molar-refractivity contribution in [1.29, 1.82) is 0 Å². The second kappa shape index (κ2) is 7.32. The molecule has 5 rings (SSSR count). The first-order chi connectivity index (χ1) is 15.1. The van der Waals surface area contributed by atoms with Crippen LogP contribution in [0.25, 0.3) is 0 Å². The topological polar surface area (TPSA) is 52.6 Å². The Morgan fingerprint density at radius 1 is 1.18 bits per heavy atom. The van der Waals surface area contributed by atoms with E-state index in [1.807, 2.05) is 6.92 Å². The minimum atomic E-state index is -2.22. The highest BCUT2D eigenvalue weighted by Crippen LogP contribution is 2.74. The smallest absolute Gasteiger partial charge is 0.234 e. The van der Waals surface area contributed by atoms with E-state index >= 15 is 0 Å². The number of ketones is 2. The van der Waals surface area contributed by atoms with Crippen LogP contribution in [0.1, 0.15) is 59.8 Å². The predicted octanol–water partition coefficient (Wildman–Crippen LogP) is 5.92. The number of fused-ring (bicyclic) bond motifs is 7. The number of halogens is 5. The van der Waals surface area contributed by atoms with Gasteiger partial charge in [-0.2, -0.15) is 0 Å². The summed E-state index contributed by atoms with van der Waals surface area (Å²) < 4.78 is 26.9. The van der Waals surface area contributed by atoms with Crippen molar-refractivity contribution in [2.45, 2.75) is 98.6 Å². The molecule has 0 aromatic carbocycles. The maximum atomic E-state index is 14.4. The van der Waals surface area contributed by atoms with E-state index in [1.54, 1.807) is 19.9 Å². The van der Waals surface area contributed by atoms with Crippen molar-refractivity contribution in [3.63, 3.8) is 0 Å². The standard InChI is InChI=1S/C24H29Cl4FO4/c1-20(2)32-17-9-12-13-8-15(25)14-7-11(30)5-6-21(14,3)23(13,28)16(26)10-22(12,4)24(17,33-20)18(31)19(27)29/h7,12-13,15-17,19H,5-6,8-10H2,1-4H3/t12-,13-,15-,16-,17+,19?,21-,22-,23-,24-/m0/s1. The molecule has 184 valence electrons. The maximum absolute atomic E-state index is 14.4. The summed E-state index contributed by atoms with van der Waals surface area (Å²) in [6.07, 6.45) is 3.24. The summed E-state index contributed by atoms with van der Waals surface area (Å²) in [6, 6.07) is 0. The van der Waals surface area contributed by atoms with Gasteiger partial charge in [0, 0.05) is 17.3 Å². The van der Waals surface area contributed by atoms with Gasteiger partial charge >= 0.3 is 0 Å². The summed E-state index contributed by atoms with van der Waals surface area (Å²) in [4.78, 5) is 24.7. The zero-order valence-electron chi connectivity index (χ0n) is 19.1. The lowest BCUT2D eigenvalue weighted by Crippen LogP contribution is -2.70. The Hall–Kier alpha value is 0.0900. The normalized spacial score (nSPS) is 53.4. The van der Waals surface area contributed by atoms with Gasteiger partial charge in [0.25, 0.3) is 0 Å². The SMILES string of the molecule is CC1(C)O[C@@H]2C[C@H]3[C@@H]4C[C@H](Cl)C5=CC(=O)CC[C@]5(C)[C@@]4(Cl)[C@@H](Cl)C[C@]3(C)[C@]2(C(=O)C(F)Cl)O1. The van der Waals surface area contributed by atoms with Crippen molar-refractivity contribution in [1.82, 2.24) is 0 Å². The summed E-state index contributed by atoms with van der Waals surface area (Å²) in [5, 5.41) is -0.949. The monoisotopic (exact) mass is 540 g/mol. The molecule has 5 aliphatic rings. The number of Topliss-reactive ketones (excluding diaryl/α,β-unsaturated/α-hetero) is 1. The summed E-state index contributed by atoms with van der Waals surface area (Å²) in [5.41, 5.74) is -4.36. The molecule has 3 saturated carbocycles. The van der Waals surface area contributed by atoms with Gasteiger partial charge in [-0.15, -0.1) is 34.8 Å². The van der Waals surface area contributed by atoms with Gasteiger partial charge < -0.3 is 9.47 Å². The quantitative estimate of drug-likeness (QED) is 0.407. The lowest BCUT2D eigenvalue weighted by atomic mass is 9.45. The Balaban J connectivity index is 1.66. The largest absolute Gasteiger partial charge is 0.344 e. The third-order valence-electron chi connectivity index (χ3n) is 9.54. The molecule has 4 fully saturated rings. The van der Waals surface area contributed by atoms with Gasteiger partial charge in [-0.05, 0) is 63.0 Å². The van der Waals surface area contributed by atoms with Crippen LogP contribution in [0.5, 0.6) is 0 Å². The average Bonchev–Trinajstić information content (AvgIpc) is 3.11. The van der Waals surface area contributed by atoms with Crippen molar-refractivity contribution in [2.24, 2.45) is 22.7 Å². The van der Waals surface area contributed by atoms with Gasteiger partial charge in [0.05, 0.1) is 21.7 Å². The third-order valence-corrected chi connectivity index (χ3v) is 11.7. The molecule has 4 nitrogen and oxygen atoms in total. The Morgan fingerprint density at radius 3 is 2.48 bits per heavy atom. The molecule has 4 aliphatic carbocycles. The molecular formula is C24H29Cl4FO4. The van der Waals surface area contributed by atoms with Crippen LogP contribution in [0.15, 0.2) is 11.6 Å². The summed E-state index contributed by atoms with van der Waals surface area (Å²) in [5.74, 6) is -2.16. The Kier molecular flexibility index (Phi) is 5.50. The van der Waals surface area contributed by atoms with Crippen LogP contribution in [0.3, 0.4) is 0 Å². The number of ether oxygens (including phenoxy) is 2. The second-order valence-electron chi connectivity index (χ2n) is 11.4. The molecule has 33 heavy (non-hydrogen) atoms. The fraction of sp³-hybridized carbons (Fsp3) is 0.833. The molecule has 0 bridgehead atoms. The van der Waals surface area contributed by atoms with Crippen LogP contribution in [0.2, 0.25) is 0 Å². The molecule has 9 heteroatoms. The Labute approximate surface area is 213 Å². The van der Waals surface area contributed by atoms with Crippen molar-refractivity contribution in [2.75, 3.05) is 0 Å². The van der Waals surface area contributed by atoms with Crippen LogP contribution in [0, 0.1) is 22.7 Å². The molecule has 0 spiro atoms. The van der Waals surface area contributed by atoms with Gasteiger partial charge in [0.2, 0.25) is 11.4 Å². The minimum absolute atomic E-state index is 0.0543. The Morgan fingerprint density at radius 2 is 1.85 bits per heavy atom. The number of hydrogen-bond acceptors (Lipinski definition) is 4. The predicted molar refractivity (Wildman–Crippen MR) is 126 cm³/mol. The third kappa shape index (κ3) is 2.90. The molecular weight excluding hydrogens is 513 g/mol. The number of carbonyl (C=O) groups is 2. The van der Waals surface area contributed by atoms with Crippen LogP contribution in [0.4, 0.5) is 4.39 Å². The average molecular weight is 542 g/mol. The first-order valence-corrected chi connectivity index (χ1v) is 13.3. The summed E-state index contributed by atoms with van der Waals surface area (Å²) >= 11 is 27.4. The molecule has 10 atom stereocenters. The summed E-state index contributed by atoms with van der Waals surface area (Å²) in [6.45, 7) is 7.44. The molecule has 1 heterocycles. The molecule has 0 aromatic rings. The number of carbonyl (C=O) groups excluding carboxylic acids is 2. The molecule has 0 amide bonds. The lowest BCUT2D eigenvalue weighted by molar-refractivity contribution is -0.213. The first-order valence-electron chi connectivity index (χ1n) is 11.6.